The Morgan fingerprint density at radius 2 is 1.27 bits per heavy atom. The Kier molecular flexibility index (Phi) is 6.17. The molecule has 0 aromatic heterocycles. The van der Waals surface area contributed by atoms with Gasteiger partial charge in [-0.3, -0.25) is 0 Å². The molecule has 0 heterocycles. The first-order valence-corrected chi connectivity index (χ1v) is 3.95. The molecule has 1 nitrogen and oxygen atoms in total. The summed E-state index contributed by atoms with van der Waals surface area (Å²) in [5, 5.41) is 0. The van der Waals surface area contributed by atoms with Crippen LogP contribution in [0.2, 0.25) is 0 Å². The summed E-state index contributed by atoms with van der Waals surface area (Å²) in [5.74, 6) is 0. The number of hydrogen-bond donors (Lipinski definition) is 0. The van der Waals surface area contributed by atoms with Crippen molar-refractivity contribution in [1.82, 2.24) is 0 Å². The summed E-state index contributed by atoms with van der Waals surface area (Å²) < 4.78 is 53.8. The van der Waals surface area contributed by atoms with E-state index in [4.69, 9.17) is 0 Å². The van der Waals surface area contributed by atoms with E-state index in [1.54, 1.807) is 0 Å². The Balaban J connectivity index is 4.34. The lowest BCUT2D eigenvalue weighted by atomic mass is 10.4. The second-order valence-corrected chi connectivity index (χ2v) is 2.40. The van der Waals surface area contributed by atoms with E-state index in [-0.39, 0.29) is 0 Å². The highest BCUT2D eigenvalue weighted by atomic mass is 19.2. The van der Waals surface area contributed by atoms with Gasteiger partial charge in [-0.15, -0.1) is 0 Å². The summed E-state index contributed by atoms with van der Waals surface area (Å²) in [7, 11) is 0. The van der Waals surface area contributed by atoms with E-state index in [2.05, 4.69) is 17.9 Å². The highest BCUT2D eigenvalue weighted by Gasteiger charge is 2.07. The van der Waals surface area contributed by atoms with E-state index in [1.807, 2.05) is 0 Å². The predicted octanol–water partition coefficient (Wildman–Crippen LogP) is 3.67. The predicted molar refractivity (Wildman–Crippen MR) is 49.7 cm³/mol. The summed E-state index contributed by atoms with van der Waals surface area (Å²) in [4.78, 5) is 0. The van der Waals surface area contributed by atoms with Gasteiger partial charge in [0.25, 0.3) is 12.0 Å². The maximum absolute atomic E-state index is 12.6. The van der Waals surface area contributed by atoms with Crippen molar-refractivity contribution >= 4 is 0 Å². The van der Waals surface area contributed by atoms with Crippen molar-refractivity contribution < 1.29 is 22.3 Å². The molecular weight excluding hydrogens is 212 g/mol. The third-order valence-electron chi connectivity index (χ3n) is 1.23. The highest BCUT2D eigenvalue weighted by Crippen LogP contribution is 2.13. The van der Waals surface area contributed by atoms with E-state index in [1.165, 1.54) is 0 Å². The van der Waals surface area contributed by atoms with Gasteiger partial charge in [0.1, 0.15) is 12.3 Å². The van der Waals surface area contributed by atoms with E-state index < -0.39 is 24.4 Å². The number of alkyl halides is 2. The van der Waals surface area contributed by atoms with Gasteiger partial charge in [-0.2, -0.15) is 8.78 Å². The third-order valence-corrected chi connectivity index (χ3v) is 1.23. The molecule has 5 heteroatoms. The molecule has 15 heavy (non-hydrogen) atoms. The monoisotopic (exact) mass is 222 g/mol. The molecule has 0 aliphatic rings. The van der Waals surface area contributed by atoms with E-state index in [9.17, 15) is 17.6 Å². The van der Waals surface area contributed by atoms with Crippen LogP contribution in [0.1, 0.15) is 0 Å². The van der Waals surface area contributed by atoms with Crippen molar-refractivity contribution in [3.05, 3.63) is 49.5 Å². The van der Waals surface area contributed by atoms with Gasteiger partial charge >= 0.3 is 0 Å². The molecule has 0 radical (unpaired) electrons. The van der Waals surface area contributed by atoms with Crippen LogP contribution in [0.4, 0.5) is 17.6 Å². The van der Waals surface area contributed by atoms with Crippen molar-refractivity contribution in [2.75, 3.05) is 0 Å². The van der Waals surface area contributed by atoms with Crippen molar-refractivity contribution in [2.24, 2.45) is 0 Å². The molecule has 0 saturated heterocycles. The smallest absolute Gasteiger partial charge is 0.279 e. The Hall–Kier alpha value is -1.52. The minimum absolute atomic E-state index is 0.349. The van der Waals surface area contributed by atoms with Crippen LogP contribution in [0.3, 0.4) is 0 Å². The second kappa shape index (κ2) is 6.86. The normalized spacial score (nSPS) is 16.8. The van der Waals surface area contributed by atoms with Gasteiger partial charge < -0.3 is 4.74 Å². The Morgan fingerprint density at radius 1 is 0.933 bits per heavy atom. The van der Waals surface area contributed by atoms with Crippen LogP contribution >= 0.6 is 0 Å². The number of hydrogen-bond acceptors (Lipinski definition) is 1. The molecule has 84 valence electrons. The van der Waals surface area contributed by atoms with Crippen molar-refractivity contribution in [3.63, 3.8) is 0 Å². The lowest BCUT2D eigenvalue weighted by Crippen LogP contribution is -1.94. The zero-order valence-corrected chi connectivity index (χ0v) is 7.80. The topological polar surface area (TPSA) is 9.23 Å². The molecule has 2 unspecified atom stereocenters. The van der Waals surface area contributed by atoms with E-state index >= 15 is 0 Å². The molecule has 0 aromatic carbocycles. The van der Waals surface area contributed by atoms with Crippen LogP contribution in [0.5, 0.6) is 0 Å². The van der Waals surface area contributed by atoms with Gasteiger partial charge in [-0.25, -0.2) is 8.78 Å². The first-order valence-electron chi connectivity index (χ1n) is 3.95. The summed E-state index contributed by atoms with van der Waals surface area (Å²) in [6, 6.07) is -3.01. The molecule has 0 aromatic rings. The van der Waals surface area contributed by atoms with Gasteiger partial charge in [-0.1, -0.05) is 25.3 Å². The van der Waals surface area contributed by atoms with Crippen LogP contribution in [-0.4, -0.2) is 12.3 Å². The SMILES string of the molecule is C=CC(F)C=C(F)OC(F)=CC(F)C=C. The number of rotatable bonds is 6. The van der Waals surface area contributed by atoms with Crippen molar-refractivity contribution in [1.29, 1.82) is 0 Å². The van der Waals surface area contributed by atoms with E-state index in [0.717, 1.165) is 12.2 Å². The second-order valence-electron chi connectivity index (χ2n) is 2.40. The van der Waals surface area contributed by atoms with Crippen molar-refractivity contribution in [2.45, 2.75) is 12.3 Å². The molecular formula is C10H10F4O. The Morgan fingerprint density at radius 3 is 1.53 bits per heavy atom. The van der Waals surface area contributed by atoms with Gasteiger partial charge in [0.05, 0.1) is 0 Å². The molecule has 0 spiro atoms. The van der Waals surface area contributed by atoms with Crippen LogP contribution in [-0.2, 0) is 4.74 Å². The molecule has 0 fully saturated rings. The first-order chi connectivity index (χ1) is 6.99. The minimum atomic E-state index is -1.79. The summed E-state index contributed by atoms with van der Waals surface area (Å²) in [5.41, 5.74) is 0. The van der Waals surface area contributed by atoms with Gasteiger partial charge in [0, 0.05) is 12.2 Å². The number of halogens is 4. The summed E-state index contributed by atoms with van der Waals surface area (Å²) in [6.45, 7) is 6.06. The molecule has 0 rings (SSSR count). The summed E-state index contributed by atoms with van der Waals surface area (Å²) >= 11 is 0. The fourth-order valence-corrected chi connectivity index (χ4v) is 0.548. The van der Waals surface area contributed by atoms with Crippen LogP contribution in [0.15, 0.2) is 49.5 Å². The average molecular weight is 222 g/mol. The maximum Gasteiger partial charge on any atom is 0.279 e. The maximum atomic E-state index is 12.6. The lowest BCUT2D eigenvalue weighted by Gasteiger charge is -2.00. The van der Waals surface area contributed by atoms with Crippen LogP contribution in [0, 0.1) is 0 Å². The molecule has 0 amide bonds. The standard InChI is InChI=1S/C10H10F4O/c1-3-7(11)5-9(13)15-10(14)6-8(12)4-2/h3-8H,1-2H2. The Labute approximate surface area is 85.0 Å². The molecule has 0 aliphatic carbocycles. The van der Waals surface area contributed by atoms with Crippen molar-refractivity contribution in [3.8, 4) is 0 Å². The zero-order valence-electron chi connectivity index (χ0n) is 7.80. The summed E-state index contributed by atoms with van der Waals surface area (Å²) in [6.07, 6.45) is -1.32. The fraction of sp³-hybridized carbons (Fsp3) is 0.200. The van der Waals surface area contributed by atoms with Gasteiger partial charge in [-0.05, 0) is 0 Å². The first kappa shape index (κ1) is 13.5. The quantitative estimate of drug-likeness (QED) is 0.378. The largest absolute Gasteiger partial charge is 0.404 e. The number of ether oxygens (including phenoxy) is 1. The molecule has 0 saturated carbocycles. The van der Waals surface area contributed by atoms with Crippen LogP contribution in [0.25, 0.3) is 0 Å². The minimum Gasteiger partial charge on any atom is -0.404 e. The number of allylic oxidation sites excluding steroid dienone is 4. The average Bonchev–Trinajstić information content (AvgIpc) is 2.16. The fourth-order valence-electron chi connectivity index (χ4n) is 0.548. The van der Waals surface area contributed by atoms with Gasteiger partial charge in [0.15, 0.2) is 0 Å². The molecule has 0 bridgehead atoms. The highest BCUT2D eigenvalue weighted by molar-refractivity contribution is 5.03. The van der Waals surface area contributed by atoms with Crippen LogP contribution < -0.4 is 0 Å². The lowest BCUT2D eigenvalue weighted by molar-refractivity contribution is 0.148. The molecule has 0 N–H and O–H groups in total. The zero-order chi connectivity index (χ0) is 11.8. The molecule has 2 atom stereocenters. The van der Waals surface area contributed by atoms with Gasteiger partial charge in [0.2, 0.25) is 0 Å². The molecule has 0 aliphatic heterocycles. The third kappa shape index (κ3) is 6.54. The van der Waals surface area contributed by atoms with E-state index in [0.29, 0.717) is 12.2 Å². The Bertz CT molecular complexity index is 255.